The molecule has 25 heavy (non-hydrogen) atoms. The van der Waals surface area contributed by atoms with Crippen molar-refractivity contribution in [1.29, 1.82) is 0 Å². The van der Waals surface area contributed by atoms with Gasteiger partial charge in [0.05, 0.1) is 6.10 Å². The summed E-state index contributed by atoms with van der Waals surface area (Å²) >= 11 is 0. The first-order chi connectivity index (χ1) is 11.4. The normalized spacial score (nSPS) is 25.2. The Morgan fingerprint density at radius 1 is 1.12 bits per heavy atom. The van der Waals surface area contributed by atoms with Crippen LogP contribution in [0.2, 0.25) is 18.1 Å². The van der Waals surface area contributed by atoms with E-state index in [1.165, 1.54) is 0 Å². The zero-order chi connectivity index (χ0) is 19.0. The van der Waals surface area contributed by atoms with Crippen molar-refractivity contribution in [3.63, 3.8) is 0 Å². The fourth-order valence-electron chi connectivity index (χ4n) is 3.22. The van der Waals surface area contributed by atoms with Crippen molar-refractivity contribution >= 4 is 8.32 Å². The van der Waals surface area contributed by atoms with Crippen molar-refractivity contribution in [3.05, 3.63) is 35.1 Å². The van der Waals surface area contributed by atoms with Crippen molar-refractivity contribution < 1.29 is 22.7 Å². The van der Waals surface area contributed by atoms with Gasteiger partial charge in [-0.3, -0.25) is 0 Å². The van der Waals surface area contributed by atoms with Gasteiger partial charge in [-0.15, -0.1) is 0 Å². The third-order valence-corrected chi connectivity index (χ3v) is 10.4. The molecule has 2 nitrogen and oxygen atoms in total. The molecule has 0 spiro atoms. The molecule has 0 heterocycles. The van der Waals surface area contributed by atoms with Crippen LogP contribution in [0.5, 0.6) is 0 Å². The Morgan fingerprint density at radius 3 is 2.32 bits per heavy atom. The van der Waals surface area contributed by atoms with E-state index in [2.05, 4.69) is 33.9 Å². The van der Waals surface area contributed by atoms with E-state index in [0.29, 0.717) is 25.9 Å². The molecule has 3 atom stereocenters. The van der Waals surface area contributed by atoms with E-state index in [9.17, 15) is 18.3 Å². The highest BCUT2D eigenvalue weighted by molar-refractivity contribution is 6.74. The van der Waals surface area contributed by atoms with Gasteiger partial charge in [0.25, 0.3) is 0 Å². The summed E-state index contributed by atoms with van der Waals surface area (Å²) in [5.41, 5.74) is -0.198. The van der Waals surface area contributed by atoms with E-state index >= 15 is 0 Å². The van der Waals surface area contributed by atoms with E-state index in [4.69, 9.17) is 4.43 Å². The molecule has 1 aromatic rings. The Labute approximate surface area is 149 Å². The lowest BCUT2D eigenvalue weighted by molar-refractivity contribution is 0.0631. The van der Waals surface area contributed by atoms with Crippen LogP contribution in [0.25, 0.3) is 0 Å². The molecule has 0 aliphatic heterocycles. The van der Waals surface area contributed by atoms with Gasteiger partial charge in [-0.05, 0) is 61.4 Å². The van der Waals surface area contributed by atoms with Crippen molar-refractivity contribution in [1.82, 2.24) is 0 Å². The van der Waals surface area contributed by atoms with Gasteiger partial charge in [0, 0.05) is 12.2 Å². The van der Waals surface area contributed by atoms with Crippen molar-refractivity contribution in [2.24, 2.45) is 5.92 Å². The Kier molecular flexibility index (Phi) is 6.06. The maximum absolute atomic E-state index is 14.3. The van der Waals surface area contributed by atoms with E-state index in [0.717, 1.165) is 12.1 Å². The molecule has 0 saturated heterocycles. The highest BCUT2D eigenvalue weighted by atomic mass is 28.4. The zero-order valence-corrected chi connectivity index (χ0v) is 16.7. The minimum absolute atomic E-state index is 0.0190. The summed E-state index contributed by atoms with van der Waals surface area (Å²) in [6, 6.07) is 1.79. The number of benzene rings is 1. The summed E-state index contributed by atoms with van der Waals surface area (Å²) < 4.78 is 48.4. The van der Waals surface area contributed by atoms with E-state index < -0.39 is 37.8 Å². The quantitative estimate of drug-likeness (QED) is 0.567. The Morgan fingerprint density at radius 2 is 1.72 bits per heavy atom. The van der Waals surface area contributed by atoms with Gasteiger partial charge in [0.1, 0.15) is 5.82 Å². The van der Waals surface area contributed by atoms with Crippen molar-refractivity contribution in [2.45, 2.75) is 70.2 Å². The van der Waals surface area contributed by atoms with Crippen LogP contribution in [0.1, 0.15) is 51.5 Å². The summed E-state index contributed by atoms with van der Waals surface area (Å²) in [6.07, 6.45) is 0.777. The number of aliphatic hydroxyl groups is 1. The topological polar surface area (TPSA) is 29.5 Å². The average molecular weight is 375 g/mol. The molecule has 1 N–H and O–H groups in total. The smallest absolute Gasteiger partial charge is 0.191 e. The van der Waals surface area contributed by atoms with Crippen LogP contribution < -0.4 is 0 Å². The van der Waals surface area contributed by atoms with Crippen LogP contribution in [-0.4, -0.2) is 26.1 Å². The molecule has 0 amide bonds. The molecule has 1 aromatic carbocycles. The van der Waals surface area contributed by atoms with Gasteiger partial charge in [0.2, 0.25) is 0 Å². The Balaban J connectivity index is 2.27. The predicted octanol–water partition coefficient (Wildman–Crippen LogP) is 5.37. The number of hydrogen-bond donors (Lipinski definition) is 1. The van der Waals surface area contributed by atoms with Gasteiger partial charge in [0.15, 0.2) is 20.0 Å². The molecule has 0 radical (unpaired) electrons. The van der Waals surface area contributed by atoms with Gasteiger partial charge < -0.3 is 9.53 Å². The average Bonchev–Trinajstić information content (AvgIpc) is 2.50. The molecular formula is C19H29F3O2Si. The van der Waals surface area contributed by atoms with Crippen LogP contribution in [0, 0.1) is 23.4 Å². The van der Waals surface area contributed by atoms with Crippen LogP contribution in [0.3, 0.4) is 0 Å². The molecule has 0 aromatic heterocycles. The highest BCUT2D eigenvalue weighted by Gasteiger charge is 2.40. The van der Waals surface area contributed by atoms with Crippen LogP contribution >= 0.6 is 0 Å². The molecule has 1 saturated carbocycles. The second kappa shape index (κ2) is 7.41. The van der Waals surface area contributed by atoms with Gasteiger partial charge >= 0.3 is 0 Å². The van der Waals surface area contributed by atoms with Crippen LogP contribution in [-0.2, 0) is 4.43 Å². The number of hydrogen-bond acceptors (Lipinski definition) is 2. The molecule has 0 unspecified atom stereocenters. The third kappa shape index (κ3) is 4.47. The molecular weight excluding hydrogens is 345 g/mol. The SMILES string of the molecule is CC(C)(C)[Si](C)(C)OC[C@@H]1C[C@@H](O)CC[C@@H]1c1c(F)ccc(F)c1F. The van der Waals surface area contributed by atoms with Crippen LogP contribution in [0.15, 0.2) is 12.1 Å². The first-order valence-electron chi connectivity index (χ1n) is 8.89. The Hall–Kier alpha value is -0.853. The van der Waals surface area contributed by atoms with E-state index in [-0.39, 0.29) is 16.5 Å². The lowest BCUT2D eigenvalue weighted by Crippen LogP contribution is -2.43. The van der Waals surface area contributed by atoms with Gasteiger partial charge in [-0.1, -0.05) is 20.8 Å². The monoisotopic (exact) mass is 374 g/mol. The van der Waals surface area contributed by atoms with Gasteiger partial charge in [-0.2, -0.15) is 0 Å². The summed E-state index contributed by atoms with van der Waals surface area (Å²) in [5, 5.41) is 10.0. The Bertz CT molecular complexity index is 613. The lowest BCUT2D eigenvalue weighted by atomic mass is 9.74. The predicted molar refractivity (Wildman–Crippen MR) is 95.6 cm³/mol. The molecule has 2 rings (SSSR count). The summed E-state index contributed by atoms with van der Waals surface area (Å²) in [7, 11) is -2.02. The van der Waals surface area contributed by atoms with Crippen LogP contribution in [0.4, 0.5) is 13.2 Å². The highest BCUT2D eigenvalue weighted by Crippen LogP contribution is 2.43. The van der Waals surface area contributed by atoms with E-state index in [1.807, 2.05) is 0 Å². The maximum Gasteiger partial charge on any atom is 0.191 e. The third-order valence-electron chi connectivity index (χ3n) is 5.87. The second-order valence-corrected chi connectivity index (χ2v) is 13.5. The van der Waals surface area contributed by atoms with Gasteiger partial charge in [-0.25, -0.2) is 13.2 Å². The maximum atomic E-state index is 14.3. The second-order valence-electron chi connectivity index (χ2n) is 8.66. The number of aliphatic hydroxyl groups excluding tert-OH is 1. The summed E-state index contributed by atoms with van der Waals surface area (Å²) in [4.78, 5) is 0. The minimum Gasteiger partial charge on any atom is -0.417 e. The fourth-order valence-corrected chi connectivity index (χ4v) is 4.28. The number of halogens is 3. The molecule has 142 valence electrons. The standard InChI is InChI=1S/C19H29F3O2Si/c1-19(2,3)25(4,5)24-11-12-10-13(23)6-7-14(12)17-15(20)8-9-16(21)18(17)22/h8-9,12-14,23H,6-7,10-11H2,1-5H3/t12-,13-,14-/m0/s1. The summed E-state index contributed by atoms with van der Waals surface area (Å²) in [6.45, 7) is 10.9. The van der Waals surface area contributed by atoms with Crippen molar-refractivity contribution in [3.8, 4) is 0 Å². The molecule has 1 aliphatic rings. The molecule has 1 fully saturated rings. The lowest BCUT2D eigenvalue weighted by Gasteiger charge is -2.40. The zero-order valence-electron chi connectivity index (χ0n) is 15.7. The van der Waals surface area contributed by atoms with E-state index in [1.54, 1.807) is 0 Å². The summed E-state index contributed by atoms with van der Waals surface area (Å²) in [5.74, 6) is -3.59. The first kappa shape index (κ1) is 20.5. The first-order valence-corrected chi connectivity index (χ1v) is 11.8. The number of rotatable bonds is 4. The molecule has 1 aliphatic carbocycles. The molecule has 6 heteroatoms. The largest absolute Gasteiger partial charge is 0.417 e. The fraction of sp³-hybridized carbons (Fsp3) is 0.684. The minimum atomic E-state index is -2.02. The van der Waals surface area contributed by atoms with Crippen molar-refractivity contribution in [2.75, 3.05) is 6.61 Å². The molecule has 0 bridgehead atoms.